The molecule has 0 saturated carbocycles. The van der Waals surface area contributed by atoms with E-state index in [0.29, 0.717) is 0 Å². The van der Waals surface area contributed by atoms with Gasteiger partial charge in [-0.1, -0.05) is 17.7 Å². The second-order valence-corrected chi connectivity index (χ2v) is 6.34. The summed E-state index contributed by atoms with van der Waals surface area (Å²) in [5.41, 5.74) is 6.05. The normalized spacial score (nSPS) is 11.6. The van der Waals surface area contributed by atoms with Crippen LogP contribution in [0.5, 0.6) is 5.75 Å². The van der Waals surface area contributed by atoms with Crippen molar-refractivity contribution in [2.75, 3.05) is 19.5 Å². The first-order chi connectivity index (χ1) is 11.4. The van der Waals surface area contributed by atoms with Crippen LogP contribution in [0.25, 0.3) is 0 Å². The van der Waals surface area contributed by atoms with E-state index >= 15 is 0 Å². The van der Waals surface area contributed by atoms with E-state index in [-0.39, 0.29) is 28.1 Å². The second kappa shape index (κ2) is 8.03. The average molecular weight is 369 g/mol. The highest BCUT2D eigenvalue weighted by molar-refractivity contribution is 7.10. The van der Waals surface area contributed by atoms with Crippen molar-refractivity contribution in [2.24, 2.45) is 0 Å². The fourth-order valence-electron chi connectivity index (χ4n) is 2.00. The van der Waals surface area contributed by atoms with Gasteiger partial charge in [-0.3, -0.25) is 4.79 Å². The van der Waals surface area contributed by atoms with Crippen LogP contribution in [0.2, 0.25) is 5.02 Å². The molecule has 1 amide bonds. The second-order valence-electron chi connectivity index (χ2n) is 4.95. The minimum Gasteiger partial charge on any atom is -0.496 e. The number of hydrogen-bond donors (Lipinski definition) is 2. The zero-order chi connectivity index (χ0) is 17.7. The number of halogens is 1. The van der Waals surface area contributed by atoms with Crippen molar-refractivity contribution in [1.29, 1.82) is 0 Å². The summed E-state index contributed by atoms with van der Waals surface area (Å²) in [7, 11) is 1.40. The minimum absolute atomic E-state index is 0.107. The van der Waals surface area contributed by atoms with Crippen molar-refractivity contribution < 1.29 is 19.1 Å². The van der Waals surface area contributed by atoms with Crippen LogP contribution in [0, 0.1) is 0 Å². The van der Waals surface area contributed by atoms with Gasteiger partial charge in [-0.25, -0.2) is 4.79 Å². The number of benzene rings is 1. The number of nitrogen functional groups attached to an aromatic ring is 1. The lowest BCUT2D eigenvalue weighted by Crippen LogP contribution is -2.30. The van der Waals surface area contributed by atoms with E-state index in [1.165, 1.54) is 30.6 Å². The Balaban J connectivity index is 1.95. The number of carbonyl (C=O) groups is 2. The summed E-state index contributed by atoms with van der Waals surface area (Å²) in [5.74, 6) is -0.883. The fourth-order valence-corrected chi connectivity index (χ4v) is 2.90. The number of amides is 1. The van der Waals surface area contributed by atoms with Gasteiger partial charge in [0, 0.05) is 10.9 Å². The van der Waals surface area contributed by atoms with Crippen molar-refractivity contribution in [2.45, 2.75) is 13.0 Å². The van der Waals surface area contributed by atoms with Crippen molar-refractivity contribution in [3.05, 3.63) is 45.1 Å². The van der Waals surface area contributed by atoms with Gasteiger partial charge in [0.25, 0.3) is 5.91 Å². The number of ether oxygens (including phenoxy) is 2. The molecular formula is C16H17ClN2O4S. The topological polar surface area (TPSA) is 90.7 Å². The van der Waals surface area contributed by atoms with Gasteiger partial charge in [-0.15, -0.1) is 11.3 Å². The number of anilines is 1. The molecule has 8 heteroatoms. The smallest absolute Gasteiger partial charge is 0.342 e. The fraction of sp³-hybridized carbons (Fsp3) is 0.250. The zero-order valence-electron chi connectivity index (χ0n) is 13.2. The molecule has 128 valence electrons. The molecule has 0 saturated heterocycles. The van der Waals surface area contributed by atoms with Crippen molar-refractivity contribution >= 4 is 40.5 Å². The van der Waals surface area contributed by atoms with Crippen LogP contribution in [-0.2, 0) is 9.53 Å². The molecule has 0 radical (unpaired) electrons. The van der Waals surface area contributed by atoms with E-state index < -0.39 is 18.5 Å². The third-order valence-corrected chi connectivity index (χ3v) is 4.60. The van der Waals surface area contributed by atoms with Crippen LogP contribution >= 0.6 is 22.9 Å². The Labute approximate surface area is 148 Å². The summed E-state index contributed by atoms with van der Waals surface area (Å²) in [4.78, 5) is 25.0. The average Bonchev–Trinajstić information content (AvgIpc) is 3.09. The van der Waals surface area contributed by atoms with Crippen LogP contribution in [0.4, 0.5) is 5.69 Å². The zero-order valence-corrected chi connectivity index (χ0v) is 14.7. The lowest BCUT2D eigenvalue weighted by Gasteiger charge is -2.13. The maximum Gasteiger partial charge on any atom is 0.342 e. The highest BCUT2D eigenvalue weighted by Crippen LogP contribution is 2.29. The van der Waals surface area contributed by atoms with Gasteiger partial charge < -0.3 is 20.5 Å². The summed E-state index contributed by atoms with van der Waals surface area (Å²) in [5, 5.41) is 4.89. The summed E-state index contributed by atoms with van der Waals surface area (Å²) >= 11 is 7.45. The molecule has 6 nitrogen and oxygen atoms in total. The lowest BCUT2D eigenvalue weighted by molar-refractivity contribution is -0.124. The summed E-state index contributed by atoms with van der Waals surface area (Å²) in [6, 6.07) is 6.45. The summed E-state index contributed by atoms with van der Waals surface area (Å²) in [6.07, 6.45) is 0. The SMILES string of the molecule is COc1cc(N)c(Cl)cc1C(=O)OCC(=O)N[C@@H](C)c1cccs1. The molecule has 2 rings (SSSR count). The number of esters is 1. The van der Waals surface area contributed by atoms with Gasteiger partial charge in [0.2, 0.25) is 0 Å². The summed E-state index contributed by atoms with van der Waals surface area (Å²) < 4.78 is 10.1. The molecular weight excluding hydrogens is 352 g/mol. The Morgan fingerprint density at radius 3 is 2.79 bits per heavy atom. The number of carbonyl (C=O) groups excluding carboxylic acids is 2. The van der Waals surface area contributed by atoms with E-state index in [1.54, 1.807) is 0 Å². The van der Waals surface area contributed by atoms with Crippen LogP contribution in [0.3, 0.4) is 0 Å². The van der Waals surface area contributed by atoms with Gasteiger partial charge >= 0.3 is 5.97 Å². The Kier molecular flexibility index (Phi) is 6.05. The Bertz CT molecular complexity index is 734. The molecule has 0 aliphatic heterocycles. The number of nitrogens with one attached hydrogen (secondary N) is 1. The standard InChI is InChI=1S/C16H17ClN2O4S/c1-9(14-4-3-5-24-14)19-15(20)8-23-16(21)10-6-11(17)12(18)7-13(10)22-2/h3-7,9H,8,18H2,1-2H3,(H,19,20)/t9-/m0/s1. The molecule has 1 aromatic heterocycles. The van der Waals surface area contributed by atoms with Crippen LogP contribution in [0.15, 0.2) is 29.6 Å². The van der Waals surface area contributed by atoms with Crippen molar-refractivity contribution in [1.82, 2.24) is 5.32 Å². The molecule has 0 fully saturated rings. The molecule has 24 heavy (non-hydrogen) atoms. The predicted molar refractivity (Wildman–Crippen MR) is 93.6 cm³/mol. The molecule has 2 aromatic rings. The molecule has 0 aliphatic rings. The maximum atomic E-state index is 12.1. The van der Waals surface area contributed by atoms with E-state index in [2.05, 4.69) is 5.32 Å². The highest BCUT2D eigenvalue weighted by atomic mass is 35.5. The third kappa shape index (κ3) is 4.39. The number of rotatable bonds is 6. The quantitative estimate of drug-likeness (QED) is 0.604. The molecule has 0 aliphatic carbocycles. The first kappa shape index (κ1) is 18.1. The molecule has 0 bridgehead atoms. The number of methoxy groups -OCH3 is 1. The van der Waals surface area contributed by atoms with E-state index in [9.17, 15) is 9.59 Å². The first-order valence-electron chi connectivity index (χ1n) is 7.05. The van der Waals surface area contributed by atoms with Crippen molar-refractivity contribution in [3.63, 3.8) is 0 Å². The van der Waals surface area contributed by atoms with Crippen LogP contribution < -0.4 is 15.8 Å². The van der Waals surface area contributed by atoms with Gasteiger partial charge in [0.05, 0.1) is 23.9 Å². The van der Waals surface area contributed by atoms with Gasteiger partial charge in [0.1, 0.15) is 11.3 Å². The Morgan fingerprint density at radius 1 is 1.42 bits per heavy atom. The molecule has 0 unspecified atom stereocenters. The molecule has 1 aromatic carbocycles. The van der Waals surface area contributed by atoms with E-state index in [0.717, 1.165) is 4.88 Å². The van der Waals surface area contributed by atoms with Gasteiger partial charge in [-0.05, 0) is 24.4 Å². The van der Waals surface area contributed by atoms with Gasteiger partial charge in [0.15, 0.2) is 6.61 Å². The van der Waals surface area contributed by atoms with Crippen LogP contribution in [-0.4, -0.2) is 25.6 Å². The Morgan fingerprint density at radius 2 is 2.17 bits per heavy atom. The number of nitrogens with two attached hydrogens (primary N) is 1. The predicted octanol–water partition coefficient (Wildman–Crippen LogP) is 3.03. The van der Waals surface area contributed by atoms with Crippen LogP contribution in [0.1, 0.15) is 28.2 Å². The highest BCUT2D eigenvalue weighted by Gasteiger charge is 2.18. The molecule has 0 spiro atoms. The van der Waals surface area contributed by atoms with E-state index in [1.807, 2.05) is 24.4 Å². The number of thiophene rings is 1. The monoisotopic (exact) mass is 368 g/mol. The van der Waals surface area contributed by atoms with E-state index in [4.69, 9.17) is 26.8 Å². The minimum atomic E-state index is -0.715. The summed E-state index contributed by atoms with van der Waals surface area (Å²) in [6.45, 7) is 1.45. The van der Waals surface area contributed by atoms with Gasteiger partial charge in [-0.2, -0.15) is 0 Å². The molecule has 3 N–H and O–H groups in total. The molecule has 1 atom stereocenters. The lowest BCUT2D eigenvalue weighted by atomic mass is 10.2. The maximum absolute atomic E-state index is 12.1. The Hall–Kier alpha value is -2.25. The molecule has 1 heterocycles. The third-order valence-electron chi connectivity index (χ3n) is 3.22. The van der Waals surface area contributed by atoms with Crippen molar-refractivity contribution in [3.8, 4) is 5.75 Å². The largest absolute Gasteiger partial charge is 0.496 e. The number of hydrogen-bond acceptors (Lipinski definition) is 6. The first-order valence-corrected chi connectivity index (χ1v) is 8.31.